The topological polar surface area (TPSA) is 39.1 Å². The third-order valence-corrected chi connectivity index (χ3v) is 3.92. The normalized spacial score (nSPS) is 11.0. The van der Waals surface area contributed by atoms with Crippen molar-refractivity contribution >= 4 is 11.0 Å². The van der Waals surface area contributed by atoms with Crippen LogP contribution in [0.4, 0.5) is 0 Å². The first-order valence-electron chi connectivity index (χ1n) is 8.06. The number of aromatic nitrogens is 2. The molecule has 3 rings (SSSR count). The maximum absolute atomic E-state index is 5.82. The lowest BCUT2D eigenvalue weighted by Gasteiger charge is -2.10. The highest BCUT2D eigenvalue weighted by atomic mass is 16.5. The zero-order chi connectivity index (χ0) is 16.1. The van der Waals surface area contributed by atoms with Crippen LogP contribution >= 0.6 is 0 Å². The summed E-state index contributed by atoms with van der Waals surface area (Å²) in [4.78, 5) is 4.63. The SMILES string of the molecule is CNCCCOc1cccc(Cn2c(C)nc3ccccc32)c1. The van der Waals surface area contributed by atoms with E-state index in [4.69, 9.17) is 4.74 Å². The van der Waals surface area contributed by atoms with Gasteiger partial charge >= 0.3 is 0 Å². The summed E-state index contributed by atoms with van der Waals surface area (Å²) in [7, 11) is 1.96. The largest absolute Gasteiger partial charge is 0.494 e. The Labute approximate surface area is 137 Å². The first kappa shape index (κ1) is 15.6. The zero-order valence-electron chi connectivity index (χ0n) is 13.7. The molecule has 1 N–H and O–H groups in total. The Balaban J connectivity index is 1.75. The molecule has 0 spiro atoms. The Hall–Kier alpha value is -2.33. The summed E-state index contributed by atoms with van der Waals surface area (Å²) in [6.07, 6.45) is 1.01. The molecule has 0 aliphatic rings. The van der Waals surface area contributed by atoms with Gasteiger partial charge in [0.05, 0.1) is 17.6 Å². The highest BCUT2D eigenvalue weighted by molar-refractivity contribution is 5.75. The number of hydrogen-bond donors (Lipinski definition) is 1. The molecule has 0 aliphatic carbocycles. The van der Waals surface area contributed by atoms with Crippen molar-refractivity contribution in [2.75, 3.05) is 20.2 Å². The quantitative estimate of drug-likeness (QED) is 0.680. The van der Waals surface area contributed by atoms with Gasteiger partial charge in [-0.2, -0.15) is 0 Å². The van der Waals surface area contributed by atoms with Crippen molar-refractivity contribution in [3.05, 3.63) is 59.9 Å². The van der Waals surface area contributed by atoms with E-state index in [1.165, 1.54) is 11.1 Å². The molecule has 0 unspecified atom stereocenters. The number of nitrogens with zero attached hydrogens (tertiary/aromatic N) is 2. The average molecular weight is 309 g/mol. The highest BCUT2D eigenvalue weighted by Crippen LogP contribution is 2.19. The molecule has 4 nitrogen and oxygen atoms in total. The van der Waals surface area contributed by atoms with Gasteiger partial charge in [-0.3, -0.25) is 0 Å². The minimum Gasteiger partial charge on any atom is -0.494 e. The van der Waals surface area contributed by atoms with Crippen molar-refractivity contribution in [2.24, 2.45) is 0 Å². The van der Waals surface area contributed by atoms with Crippen molar-refractivity contribution in [1.82, 2.24) is 14.9 Å². The van der Waals surface area contributed by atoms with E-state index in [2.05, 4.69) is 58.2 Å². The highest BCUT2D eigenvalue weighted by Gasteiger charge is 2.07. The van der Waals surface area contributed by atoms with E-state index in [0.29, 0.717) is 0 Å². The van der Waals surface area contributed by atoms with E-state index in [1.54, 1.807) is 0 Å². The van der Waals surface area contributed by atoms with E-state index in [0.717, 1.165) is 43.2 Å². The van der Waals surface area contributed by atoms with Crippen molar-refractivity contribution in [1.29, 1.82) is 0 Å². The van der Waals surface area contributed by atoms with Crippen molar-refractivity contribution in [3.8, 4) is 5.75 Å². The summed E-state index contributed by atoms with van der Waals surface area (Å²) in [6, 6.07) is 16.6. The minimum atomic E-state index is 0.733. The molecule has 0 amide bonds. The third-order valence-electron chi connectivity index (χ3n) is 3.92. The standard InChI is InChI=1S/C19H23N3O/c1-15-21-18-9-3-4-10-19(18)22(15)14-16-7-5-8-17(13-16)23-12-6-11-20-2/h3-5,7-10,13,20H,6,11-12,14H2,1-2H3. The molecule has 4 heteroatoms. The van der Waals surface area contributed by atoms with E-state index in [1.807, 2.05) is 19.2 Å². The Morgan fingerprint density at radius 2 is 2.00 bits per heavy atom. The van der Waals surface area contributed by atoms with Gasteiger partial charge in [0.15, 0.2) is 0 Å². The molecule has 0 saturated heterocycles. The van der Waals surface area contributed by atoms with Crippen LogP contribution in [0, 0.1) is 6.92 Å². The van der Waals surface area contributed by atoms with Crippen LogP contribution < -0.4 is 10.1 Å². The third kappa shape index (κ3) is 3.71. The van der Waals surface area contributed by atoms with Gasteiger partial charge in [0.25, 0.3) is 0 Å². The van der Waals surface area contributed by atoms with Crippen LogP contribution in [0.2, 0.25) is 0 Å². The molecule has 1 heterocycles. The number of rotatable bonds is 7. The monoisotopic (exact) mass is 309 g/mol. The summed E-state index contributed by atoms with van der Waals surface area (Å²) >= 11 is 0. The molecule has 0 bridgehead atoms. The zero-order valence-corrected chi connectivity index (χ0v) is 13.7. The van der Waals surface area contributed by atoms with Crippen LogP contribution in [0.5, 0.6) is 5.75 Å². The molecule has 0 fully saturated rings. The second-order valence-corrected chi connectivity index (χ2v) is 5.69. The molecular formula is C19H23N3O. The molecule has 0 saturated carbocycles. The first-order valence-corrected chi connectivity index (χ1v) is 8.06. The van der Waals surface area contributed by atoms with Crippen molar-refractivity contribution in [3.63, 3.8) is 0 Å². The lowest BCUT2D eigenvalue weighted by atomic mass is 10.2. The van der Waals surface area contributed by atoms with Crippen molar-refractivity contribution < 1.29 is 4.74 Å². The summed E-state index contributed by atoms with van der Waals surface area (Å²) in [6.45, 7) is 4.56. The summed E-state index contributed by atoms with van der Waals surface area (Å²) in [5.74, 6) is 1.97. The molecule has 0 atom stereocenters. The van der Waals surface area contributed by atoms with Crippen molar-refractivity contribution in [2.45, 2.75) is 19.9 Å². The fourth-order valence-corrected chi connectivity index (χ4v) is 2.75. The predicted molar refractivity (Wildman–Crippen MR) is 94.1 cm³/mol. The Bertz CT molecular complexity index is 779. The van der Waals surface area contributed by atoms with Gasteiger partial charge in [-0.05, 0) is 56.8 Å². The Morgan fingerprint density at radius 1 is 1.13 bits per heavy atom. The van der Waals surface area contributed by atoms with Crippen LogP contribution in [0.25, 0.3) is 11.0 Å². The first-order chi connectivity index (χ1) is 11.3. The maximum atomic E-state index is 5.82. The molecule has 1 aromatic heterocycles. The molecule has 120 valence electrons. The fourth-order valence-electron chi connectivity index (χ4n) is 2.75. The Morgan fingerprint density at radius 3 is 2.87 bits per heavy atom. The van der Waals surface area contributed by atoms with Gasteiger partial charge in [-0.15, -0.1) is 0 Å². The number of hydrogen-bond acceptors (Lipinski definition) is 3. The summed E-state index contributed by atoms with van der Waals surface area (Å²) in [5.41, 5.74) is 3.44. The molecule has 23 heavy (non-hydrogen) atoms. The molecule has 0 aliphatic heterocycles. The molecule has 3 aromatic rings. The van der Waals surface area contributed by atoms with Gasteiger partial charge in [-0.25, -0.2) is 4.98 Å². The maximum Gasteiger partial charge on any atom is 0.119 e. The number of imidazole rings is 1. The predicted octanol–water partition coefficient (Wildman–Crippen LogP) is 3.38. The molecule has 0 radical (unpaired) electrons. The lowest BCUT2D eigenvalue weighted by molar-refractivity contribution is 0.309. The molecule has 2 aromatic carbocycles. The van der Waals surface area contributed by atoms with E-state index >= 15 is 0 Å². The van der Waals surface area contributed by atoms with Crippen LogP contribution in [0.3, 0.4) is 0 Å². The number of benzene rings is 2. The lowest BCUT2D eigenvalue weighted by Crippen LogP contribution is -2.11. The van der Waals surface area contributed by atoms with Crippen LogP contribution in [0.1, 0.15) is 17.8 Å². The average Bonchev–Trinajstić information content (AvgIpc) is 2.88. The fraction of sp³-hybridized carbons (Fsp3) is 0.316. The van der Waals surface area contributed by atoms with Gasteiger partial charge in [0.1, 0.15) is 11.6 Å². The van der Waals surface area contributed by atoms with Crippen LogP contribution in [-0.4, -0.2) is 29.8 Å². The van der Waals surface area contributed by atoms with Crippen LogP contribution in [-0.2, 0) is 6.54 Å². The number of aryl methyl sites for hydroxylation is 1. The van der Waals surface area contributed by atoms with Gasteiger partial charge in [-0.1, -0.05) is 24.3 Å². The van der Waals surface area contributed by atoms with E-state index < -0.39 is 0 Å². The Kier molecular flexibility index (Phi) is 4.93. The van der Waals surface area contributed by atoms with Crippen LogP contribution in [0.15, 0.2) is 48.5 Å². The number of ether oxygens (including phenoxy) is 1. The summed E-state index contributed by atoms with van der Waals surface area (Å²) in [5, 5.41) is 3.13. The molecular weight excluding hydrogens is 286 g/mol. The van der Waals surface area contributed by atoms with E-state index in [-0.39, 0.29) is 0 Å². The second-order valence-electron chi connectivity index (χ2n) is 5.69. The number of para-hydroxylation sites is 2. The minimum absolute atomic E-state index is 0.733. The van der Waals surface area contributed by atoms with E-state index in [9.17, 15) is 0 Å². The number of nitrogens with one attached hydrogen (secondary N) is 1. The smallest absolute Gasteiger partial charge is 0.119 e. The summed E-state index contributed by atoms with van der Waals surface area (Å²) < 4.78 is 8.07. The number of fused-ring (bicyclic) bond motifs is 1. The van der Waals surface area contributed by atoms with Gasteiger partial charge < -0.3 is 14.6 Å². The second kappa shape index (κ2) is 7.29. The van der Waals surface area contributed by atoms with Gasteiger partial charge in [0.2, 0.25) is 0 Å². The van der Waals surface area contributed by atoms with Gasteiger partial charge in [0, 0.05) is 6.54 Å².